The van der Waals surface area contributed by atoms with Crippen molar-refractivity contribution in [3.63, 3.8) is 0 Å². The van der Waals surface area contributed by atoms with Crippen molar-refractivity contribution in [2.45, 2.75) is 38.6 Å². The van der Waals surface area contributed by atoms with Crippen LogP contribution in [-0.4, -0.2) is 22.1 Å². The van der Waals surface area contributed by atoms with Gasteiger partial charge in [0.05, 0.1) is 15.2 Å². The van der Waals surface area contributed by atoms with Crippen LogP contribution < -0.4 is 5.73 Å². The van der Waals surface area contributed by atoms with E-state index in [0.717, 1.165) is 20.8 Å². The van der Waals surface area contributed by atoms with Gasteiger partial charge in [-0.1, -0.05) is 26.8 Å². The van der Waals surface area contributed by atoms with Gasteiger partial charge in [0.25, 0.3) is 0 Å². The number of nitrogens with zero attached hydrogens (tertiary/aromatic N) is 1. The number of hydrogen-bond donors (Lipinski definition) is 2. The van der Waals surface area contributed by atoms with Gasteiger partial charge in [-0.2, -0.15) is 0 Å². The highest BCUT2D eigenvalue weighted by molar-refractivity contribution is 7.18. The number of hydrogen-bond acceptors (Lipinski definition) is 4. The number of nitrogens with two attached hydrogens (primary N) is 1. The highest BCUT2D eigenvalue weighted by Gasteiger charge is 2.19. The maximum Gasteiger partial charge on any atom is 0.320 e. The number of carboxylic acid groups (broad SMARTS) is 1. The Labute approximate surface area is 116 Å². The van der Waals surface area contributed by atoms with Crippen LogP contribution in [0.4, 0.5) is 0 Å². The number of fused-ring (bicyclic) bond motifs is 1. The van der Waals surface area contributed by atoms with Gasteiger partial charge >= 0.3 is 5.97 Å². The molecule has 2 aromatic rings. The molecule has 0 fully saturated rings. The van der Waals surface area contributed by atoms with Crippen LogP contribution in [0.2, 0.25) is 0 Å². The molecule has 0 saturated heterocycles. The number of carboxylic acids is 1. The van der Waals surface area contributed by atoms with E-state index in [0.29, 0.717) is 6.42 Å². The molecular weight excluding hydrogens is 260 g/mol. The molecule has 1 aromatic carbocycles. The molecule has 19 heavy (non-hydrogen) atoms. The number of carbonyl (C=O) groups is 1. The van der Waals surface area contributed by atoms with E-state index in [-0.39, 0.29) is 5.41 Å². The lowest BCUT2D eigenvalue weighted by Gasteiger charge is -2.13. The Kier molecular flexibility index (Phi) is 3.60. The molecule has 0 saturated carbocycles. The van der Waals surface area contributed by atoms with Gasteiger partial charge in [-0.15, -0.1) is 11.3 Å². The Bertz CT molecular complexity index is 613. The Hall–Kier alpha value is -1.46. The zero-order valence-electron chi connectivity index (χ0n) is 11.3. The summed E-state index contributed by atoms with van der Waals surface area (Å²) < 4.78 is 1.12. The fourth-order valence-electron chi connectivity index (χ4n) is 1.76. The van der Waals surface area contributed by atoms with Crippen molar-refractivity contribution in [3.05, 3.63) is 28.8 Å². The summed E-state index contributed by atoms with van der Waals surface area (Å²) in [6.07, 6.45) is 0.327. The van der Waals surface area contributed by atoms with Crippen LogP contribution >= 0.6 is 11.3 Å². The molecular formula is C14H18N2O2S. The molecule has 1 atom stereocenters. The second kappa shape index (κ2) is 4.90. The molecule has 0 radical (unpaired) electrons. The van der Waals surface area contributed by atoms with Crippen molar-refractivity contribution >= 4 is 27.5 Å². The maximum atomic E-state index is 10.8. The first-order valence-electron chi connectivity index (χ1n) is 6.16. The van der Waals surface area contributed by atoms with Crippen LogP contribution in [0.3, 0.4) is 0 Å². The highest BCUT2D eigenvalue weighted by Crippen LogP contribution is 2.31. The average molecular weight is 278 g/mol. The molecule has 1 aromatic heterocycles. The average Bonchev–Trinajstić information content (AvgIpc) is 2.71. The normalized spacial score (nSPS) is 13.7. The first-order valence-corrected chi connectivity index (χ1v) is 6.97. The van der Waals surface area contributed by atoms with Gasteiger partial charge in [-0.25, -0.2) is 4.98 Å². The molecule has 0 amide bonds. The van der Waals surface area contributed by atoms with Crippen molar-refractivity contribution in [1.29, 1.82) is 0 Å². The molecule has 0 spiro atoms. The molecule has 1 unspecified atom stereocenters. The molecule has 4 nitrogen and oxygen atoms in total. The molecule has 5 heteroatoms. The summed E-state index contributed by atoms with van der Waals surface area (Å²) in [4.78, 5) is 15.4. The minimum Gasteiger partial charge on any atom is -0.480 e. The summed E-state index contributed by atoms with van der Waals surface area (Å²) in [7, 11) is 0. The summed E-state index contributed by atoms with van der Waals surface area (Å²) in [6.45, 7) is 6.39. The Morgan fingerprint density at radius 1 is 1.47 bits per heavy atom. The van der Waals surface area contributed by atoms with Crippen LogP contribution in [0.1, 0.15) is 31.3 Å². The minimum absolute atomic E-state index is 0.0291. The predicted molar refractivity (Wildman–Crippen MR) is 77.6 cm³/mol. The summed E-state index contributed by atoms with van der Waals surface area (Å²) >= 11 is 1.68. The molecule has 2 rings (SSSR count). The molecule has 102 valence electrons. The van der Waals surface area contributed by atoms with Gasteiger partial charge in [-0.05, 0) is 24.1 Å². The zero-order valence-corrected chi connectivity index (χ0v) is 12.1. The monoisotopic (exact) mass is 278 g/mol. The van der Waals surface area contributed by atoms with Gasteiger partial charge in [0.2, 0.25) is 0 Å². The zero-order chi connectivity index (χ0) is 14.2. The van der Waals surface area contributed by atoms with E-state index in [1.165, 1.54) is 0 Å². The summed E-state index contributed by atoms with van der Waals surface area (Å²) in [6, 6.07) is 4.99. The predicted octanol–water partition coefficient (Wildman–Crippen LogP) is 2.55. The Morgan fingerprint density at radius 2 is 2.16 bits per heavy atom. The van der Waals surface area contributed by atoms with Gasteiger partial charge < -0.3 is 10.8 Å². The van der Waals surface area contributed by atoms with E-state index in [1.807, 2.05) is 18.2 Å². The second-order valence-electron chi connectivity index (χ2n) is 5.72. The van der Waals surface area contributed by atoms with Crippen LogP contribution in [0.5, 0.6) is 0 Å². The third-order valence-electron chi connectivity index (χ3n) is 2.87. The molecule has 0 aliphatic carbocycles. The van der Waals surface area contributed by atoms with Crippen molar-refractivity contribution in [2.75, 3.05) is 0 Å². The number of aromatic nitrogens is 1. The third-order valence-corrected chi connectivity index (χ3v) is 4.33. The Morgan fingerprint density at radius 3 is 2.74 bits per heavy atom. The number of rotatable bonds is 3. The van der Waals surface area contributed by atoms with Gasteiger partial charge in [-0.3, -0.25) is 4.79 Å². The largest absolute Gasteiger partial charge is 0.480 e. The molecule has 0 aliphatic rings. The van der Waals surface area contributed by atoms with Gasteiger partial charge in [0.1, 0.15) is 6.04 Å². The van der Waals surface area contributed by atoms with Gasteiger partial charge in [0, 0.05) is 5.41 Å². The fourth-order valence-corrected chi connectivity index (χ4v) is 2.77. The SMILES string of the molecule is CC(C)(C)c1nc2cc(CC(N)C(=O)O)ccc2s1. The topological polar surface area (TPSA) is 76.2 Å². The number of benzene rings is 1. The minimum atomic E-state index is -0.978. The van der Waals surface area contributed by atoms with E-state index in [1.54, 1.807) is 11.3 Å². The highest BCUT2D eigenvalue weighted by atomic mass is 32.1. The van der Waals surface area contributed by atoms with Crippen LogP contribution in [0.25, 0.3) is 10.2 Å². The van der Waals surface area contributed by atoms with Crippen LogP contribution in [0.15, 0.2) is 18.2 Å². The van der Waals surface area contributed by atoms with Crippen molar-refractivity contribution in [1.82, 2.24) is 4.98 Å². The summed E-state index contributed by atoms with van der Waals surface area (Å²) in [5.41, 5.74) is 7.41. The Balaban J connectivity index is 2.33. The lowest BCUT2D eigenvalue weighted by molar-refractivity contribution is -0.138. The molecule has 1 heterocycles. The van der Waals surface area contributed by atoms with Crippen LogP contribution in [0, 0.1) is 0 Å². The van der Waals surface area contributed by atoms with E-state index >= 15 is 0 Å². The van der Waals surface area contributed by atoms with Crippen LogP contribution in [-0.2, 0) is 16.6 Å². The lowest BCUT2D eigenvalue weighted by atomic mass is 9.98. The second-order valence-corrected chi connectivity index (χ2v) is 6.75. The van der Waals surface area contributed by atoms with Crippen molar-refractivity contribution < 1.29 is 9.90 Å². The first-order chi connectivity index (χ1) is 8.77. The van der Waals surface area contributed by atoms with Crippen molar-refractivity contribution in [2.24, 2.45) is 5.73 Å². The molecule has 0 aliphatic heterocycles. The lowest BCUT2D eigenvalue weighted by Crippen LogP contribution is -2.32. The van der Waals surface area contributed by atoms with E-state index in [2.05, 4.69) is 25.8 Å². The summed E-state index contributed by atoms with van der Waals surface area (Å²) in [5.74, 6) is -0.978. The fraction of sp³-hybridized carbons (Fsp3) is 0.429. The maximum absolute atomic E-state index is 10.8. The van der Waals surface area contributed by atoms with E-state index in [9.17, 15) is 4.79 Å². The van der Waals surface area contributed by atoms with E-state index in [4.69, 9.17) is 10.8 Å². The van der Waals surface area contributed by atoms with Crippen molar-refractivity contribution in [3.8, 4) is 0 Å². The third kappa shape index (κ3) is 3.11. The first kappa shape index (κ1) is 14.0. The molecule has 3 N–H and O–H groups in total. The number of thiazole rings is 1. The van der Waals surface area contributed by atoms with Gasteiger partial charge in [0.15, 0.2) is 0 Å². The summed E-state index contributed by atoms with van der Waals surface area (Å²) in [5, 5.41) is 9.91. The standard InChI is InChI=1S/C14H18N2O2S/c1-14(2,3)13-16-10-7-8(4-5-11(10)19-13)6-9(15)12(17)18/h4-5,7,9H,6,15H2,1-3H3,(H,17,18). The smallest absolute Gasteiger partial charge is 0.320 e. The molecule has 0 bridgehead atoms. The quantitative estimate of drug-likeness (QED) is 0.904. The van der Waals surface area contributed by atoms with E-state index < -0.39 is 12.0 Å². The number of aliphatic carboxylic acids is 1.